The summed E-state index contributed by atoms with van der Waals surface area (Å²) in [5.41, 5.74) is 8.38. The van der Waals surface area contributed by atoms with Crippen molar-refractivity contribution in [3.8, 4) is 0 Å². The molecule has 35 heteroatoms. The van der Waals surface area contributed by atoms with E-state index >= 15 is 0 Å². The largest absolute Gasteiger partial charge is 0.480 e. The second-order valence-corrected chi connectivity index (χ2v) is 28.8. The minimum Gasteiger partial charge on any atom is -0.480 e. The normalized spacial score (nSPS) is 23.4. The number of carbonyl (C=O) groups is 13. The molecule has 1 aromatic heterocycles. The molecule has 13 N–H and O–H groups in total. The molecule has 4 aliphatic rings. The Morgan fingerprint density at radius 2 is 1.20 bits per heavy atom. The van der Waals surface area contributed by atoms with Crippen LogP contribution in [0.5, 0.6) is 0 Å². The minimum atomic E-state index is -1.72. The number of carbonyl (C=O) groups excluding carboxylic acids is 9. The number of amides is 9. The standard InChI is InChI=1S/C66H98N14O18S3/c1-3-4-5-12-54(83)70-49-40-100-38-45-28-44(37-99-27-16-69-55(84)33-75-19-21-76(34-56(85)86)23-25-78(36-58(89)90)26-24-77(22-20-75)35-57(87)88)29-46(30-45)39-101-41-50(66(97)98)73-61(92)48(31-43-9-6-15-68-32-43)72-60(91)47(13-14-53(67)82)71-63(94)59(42(2)81)74-62(93)51-10-7-17-79(51)65(96)52-11-8-18-80(52)64(49)95/h6,9,15,28-30,32,42,47-52,59,81H,3-5,7-8,10-14,16-27,31,33-41H2,1-2H3,(H2,67,82)(H,69,84)(H,70,83)(H,71,94)(H,72,91)(H,73,92)(H,74,93)(H,85,86)(H,87,88)(H,89,90)(H,97,98)/t42-,47+,48+,49+,50+,51+,52+,59+/m1/s1. The van der Waals surface area contributed by atoms with Crippen LogP contribution < -0.4 is 37.6 Å². The summed E-state index contributed by atoms with van der Waals surface area (Å²) >= 11 is 4.07. The Bertz CT molecular complexity index is 3150. The summed E-state index contributed by atoms with van der Waals surface area (Å²) in [5, 5.41) is 66.5. The zero-order valence-electron chi connectivity index (χ0n) is 57.3. The van der Waals surface area contributed by atoms with Crippen LogP contribution in [-0.4, -0.2) is 301 Å². The average molecular weight is 1470 g/mol. The lowest BCUT2D eigenvalue weighted by molar-refractivity contribution is -0.148. The fourth-order valence-corrected chi connectivity index (χ4v) is 15.0. The summed E-state index contributed by atoms with van der Waals surface area (Å²) in [7, 11) is 0. The van der Waals surface area contributed by atoms with Crippen LogP contribution in [0.25, 0.3) is 0 Å². The summed E-state index contributed by atoms with van der Waals surface area (Å²) in [4.78, 5) is 188. The molecule has 6 rings (SSSR count). The highest BCUT2D eigenvalue weighted by Crippen LogP contribution is 2.28. The van der Waals surface area contributed by atoms with E-state index in [1.165, 1.54) is 64.4 Å². The fraction of sp³-hybridized carbons (Fsp3) is 0.636. The van der Waals surface area contributed by atoms with Crippen molar-refractivity contribution < 1.29 is 87.9 Å². The lowest BCUT2D eigenvalue weighted by atomic mass is 10.0. The molecule has 1 aromatic carbocycles. The van der Waals surface area contributed by atoms with Crippen LogP contribution in [0.2, 0.25) is 0 Å². The number of unbranched alkanes of at least 4 members (excludes halogenated alkanes) is 2. The van der Waals surface area contributed by atoms with Gasteiger partial charge in [-0.1, -0.05) is 44.0 Å². The predicted molar refractivity (Wildman–Crippen MR) is 376 cm³/mol. The van der Waals surface area contributed by atoms with E-state index in [1.54, 1.807) is 26.8 Å². The molecule has 3 saturated heterocycles. The summed E-state index contributed by atoms with van der Waals surface area (Å²) in [6.07, 6.45) is 3.87. The first-order chi connectivity index (χ1) is 48.3. The summed E-state index contributed by atoms with van der Waals surface area (Å²) in [5.74, 6) is -9.58. The van der Waals surface area contributed by atoms with Crippen molar-refractivity contribution in [1.29, 1.82) is 0 Å². The number of aliphatic carboxylic acids is 4. The monoisotopic (exact) mass is 1470 g/mol. The summed E-state index contributed by atoms with van der Waals surface area (Å²) in [6, 6.07) is -0.513. The minimum absolute atomic E-state index is 0.0777. The number of nitrogens with two attached hydrogens (primary N) is 1. The molecule has 2 bridgehead atoms. The molecule has 3 fully saturated rings. The molecule has 0 unspecified atom stereocenters. The number of primary amides is 1. The van der Waals surface area contributed by atoms with Gasteiger partial charge in [0.25, 0.3) is 0 Å². The van der Waals surface area contributed by atoms with Crippen molar-refractivity contribution in [1.82, 2.24) is 66.3 Å². The highest BCUT2D eigenvalue weighted by molar-refractivity contribution is 7.99. The Labute approximate surface area is 599 Å². The third-order valence-electron chi connectivity index (χ3n) is 17.5. The quantitative estimate of drug-likeness (QED) is 0.0495. The van der Waals surface area contributed by atoms with E-state index < -0.39 is 126 Å². The summed E-state index contributed by atoms with van der Waals surface area (Å²) < 4.78 is 0. The van der Waals surface area contributed by atoms with E-state index in [9.17, 15) is 87.9 Å². The van der Waals surface area contributed by atoms with Gasteiger partial charge in [0.05, 0.1) is 32.3 Å². The molecular formula is C66H98N14O18S3. The number of carboxylic acids is 4. The number of carboxylic acid groups (broad SMARTS) is 4. The smallest absolute Gasteiger partial charge is 0.327 e. The van der Waals surface area contributed by atoms with Gasteiger partial charge in [0.2, 0.25) is 53.2 Å². The van der Waals surface area contributed by atoms with Crippen LogP contribution in [0.3, 0.4) is 0 Å². The molecule has 0 spiro atoms. The Morgan fingerprint density at radius 3 is 1.74 bits per heavy atom. The van der Waals surface area contributed by atoms with Gasteiger partial charge in [-0.2, -0.15) is 35.3 Å². The van der Waals surface area contributed by atoms with Gasteiger partial charge in [-0.25, -0.2) is 4.79 Å². The van der Waals surface area contributed by atoms with Gasteiger partial charge < -0.3 is 73.0 Å². The lowest BCUT2D eigenvalue weighted by Crippen LogP contribution is -2.61. The zero-order valence-corrected chi connectivity index (χ0v) is 59.7. The van der Waals surface area contributed by atoms with Crippen molar-refractivity contribution in [3.63, 3.8) is 0 Å². The van der Waals surface area contributed by atoms with Crippen LogP contribution in [0, 0.1) is 0 Å². The molecule has 558 valence electrons. The Balaban J connectivity index is 1.26. The number of nitrogens with zero attached hydrogens (tertiary/aromatic N) is 7. The van der Waals surface area contributed by atoms with Gasteiger partial charge in [0, 0.05) is 138 Å². The number of rotatable bonds is 25. The van der Waals surface area contributed by atoms with E-state index in [-0.39, 0.29) is 153 Å². The fourth-order valence-electron chi connectivity index (χ4n) is 12.3. The lowest BCUT2D eigenvalue weighted by Gasteiger charge is -2.33. The van der Waals surface area contributed by atoms with Crippen molar-refractivity contribution in [2.75, 3.05) is 115 Å². The highest BCUT2D eigenvalue weighted by Gasteiger charge is 2.45. The third-order valence-corrected chi connectivity index (χ3v) is 20.8. The summed E-state index contributed by atoms with van der Waals surface area (Å²) in [6.45, 7) is 4.63. The molecule has 101 heavy (non-hydrogen) atoms. The number of nitrogens with one attached hydrogen (secondary N) is 6. The first kappa shape index (κ1) is 82.3. The molecule has 0 saturated carbocycles. The number of aromatic nitrogens is 1. The van der Waals surface area contributed by atoms with Crippen molar-refractivity contribution in [2.24, 2.45) is 5.73 Å². The molecule has 5 heterocycles. The predicted octanol–water partition coefficient (Wildman–Crippen LogP) is -1.65. The van der Waals surface area contributed by atoms with E-state index in [1.807, 2.05) is 30.0 Å². The average Bonchev–Trinajstić information content (AvgIpc) is 1.72. The van der Waals surface area contributed by atoms with Gasteiger partial charge in [-0.15, -0.1) is 0 Å². The second kappa shape index (κ2) is 42.7. The van der Waals surface area contributed by atoms with Gasteiger partial charge >= 0.3 is 23.9 Å². The number of thioether (sulfide) groups is 3. The molecule has 32 nitrogen and oxygen atoms in total. The van der Waals surface area contributed by atoms with Gasteiger partial charge in [0.15, 0.2) is 0 Å². The van der Waals surface area contributed by atoms with Crippen LogP contribution in [0.1, 0.15) is 100 Å². The van der Waals surface area contributed by atoms with Crippen LogP contribution in [0.4, 0.5) is 0 Å². The maximum atomic E-state index is 14.9. The Hall–Kier alpha value is -7.67. The highest BCUT2D eigenvalue weighted by atomic mass is 32.2. The van der Waals surface area contributed by atoms with Crippen molar-refractivity contribution in [3.05, 3.63) is 65.0 Å². The first-order valence-electron chi connectivity index (χ1n) is 34.1. The number of hydrogen-bond donors (Lipinski definition) is 12. The number of benzene rings is 1. The molecule has 4 aliphatic heterocycles. The SMILES string of the molecule is CCCCCC(=O)N[C@H]1CSCc2cc(CSCCNC(=O)CN3CCN(CC(=O)O)CCN(CC(=O)O)CCN(CC(=O)O)CC3)cc(c2)CSC[C@@H](C(=O)O)NC(=O)[C@H](Cc2cccnc2)NC(=O)[C@H](CCC(N)=O)NC(=O)[C@H]([C@@H](C)O)NC(=O)[C@@H]2CCCN2C(=O)[C@@H]2CCCN2C1=O. The topological polar surface area (TPSA) is 454 Å². The molecule has 8 atom stereocenters. The molecule has 2 aromatic rings. The molecule has 0 radical (unpaired) electrons. The van der Waals surface area contributed by atoms with Crippen LogP contribution >= 0.6 is 35.3 Å². The molecule has 9 amide bonds. The number of hydrogen-bond acceptors (Lipinski definition) is 22. The van der Waals surface area contributed by atoms with E-state index in [2.05, 4.69) is 36.9 Å². The van der Waals surface area contributed by atoms with E-state index in [4.69, 9.17) is 5.73 Å². The van der Waals surface area contributed by atoms with Crippen molar-refractivity contribution in [2.45, 2.75) is 150 Å². The molecular weight excluding hydrogens is 1370 g/mol. The Morgan fingerprint density at radius 1 is 0.644 bits per heavy atom. The zero-order chi connectivity index (χ0) is 73.5. The second-order valence-electron chi connectivity index (χ2n) is 25.7. The van der Waals surface area contributed by atoms with Gasteiger partial charge in [0.1, 0.15) is 42.3 Å². The molecule has 0 aliphatic carbocycles. The third kappa shape index (κ3) is 28.6. The number of fused-ring (bicyclic) bond motifs is 4. The Kier molecular flexibility index (Phi) is 34.8. The van der Waals surface area contributed by atoms with Crippen LogP contribution in [-0.2, 0) is 86.0 Å². The maximum Gasteiger partial charge on any atom is 0.327 e. The van der Waals surface area contributed by atoms with Crippen LogP contribution in [0.15, 0.2) is 42.7 Å². The van der Waals surface area contributed by atoms with E-state index in [0.717, 1.165) is 29.5 Å². The number of pyridine rings is 1. The van der Waals surface area contributed by atoms with Gasteiger partial charge in [-0.05, 0) is 73.8 Å². The number of aliphatic hydroxyl groups excluding tert-OH is 1. The van der Waals surface area contributed by atoms with E-state index in [0.29, 0.717) is 42.1 Å². The first-order valence-corrected chi connectivity index (χ1v) is 37.6. The van der Waals surface area contributed by atoms with Gasteiger partial charge in [-0.3, -0.25) is 82.1 Å². The van der Waals surface area contributed by atoms with Crippen molar-refractivity contribution >= 4 is 112 Å². The maximum absolute atomic E-state index is 14.9. The number of aliphatic hydroxyl groups is 1.